The topological polar surface area (TPSA) is 84.9 Å². The Morgan fingerprint density at radius 3 is 2.40 bits per heavy atom. The zero-order valence-corrected chi connectivity index (χ0v) is 15.1. The van der Waals surface area contributed by atoms with Crippen molar-refractivity contribution < 1.29 is 24.2 Å². The number of unbranched alkanes of at least 4 members (excludes halogenated alkanes) is 4. The second-order valence-corrected chi connectivity index (χ2v) is 5.96. The first kappa shape index (κ1) is 21.0. The Hall–Kier alpha value is -2.08. The Kier molecular flexibility index (Phi) is 10.3. The summed E-state index contributed by atoms with van der Waals surface area (Å²) < 4.78 is 10.3. The number of aliphatic carboxylic acids is 1. The number of carboxylic acid groups (broad SMARTS) is 1. The van der Waals surface area contributed by atoms with Crippen molar-refractivity contribution >= 4 is 11.9 Å². The van der Waals surface area contributed by atoms with Crippen LogP contribution in [0.3, 0.4) is 0 Å². The molecule has 25 heavy (non-hydrogen) atoms. The number of amides is 1. The molecule has 1 rings (SSSR count). The van der Waals surface area contributed by atoms with Gasteiger partial charge < -0.3 is 19.9 Å². The summed E-state index contributed by atoms with van der Waals surface area (Å²) in [7, 11) is 1.37. The number of nitrogens with one attached hydrogen (secondary N) is 1. The van der Waals surface area contributed by atoms with Crippen LogP contribution >= 0.6 is 0 Å². The van der Waals surface area contributed by atoms with Gasteiger partial charge in [0.25, 0.3) is 5.91 Å². The van der Waals surface area contributed by atoms with Crippen LogP contribution in [-0.4, -0.2) is 43.3 Å². The molecule has 0 aliphatic rings. The molecule has 1 unspecified atom stereocenters. The smallest absolute Gasteiger partial charge is 0.333 e. The van der Waals surface area contributed by atoms with E-state index in [9.17, 15) is 9.59 Å². The van der Waals surface area contributed by atoms with Crippen LogP contribution in [0, 0.1) is 0 Å². The van der Waals surface area contributed by atoms with Crippen LogP contribution in [0.25, 0.3) is 0 Å². The number of methoxy groups -OCH3 is 1. The van der Waals surface area contributed by atoms with Crippen molar-refractivity contribution in [2.24, 2.45) is 0 Å². The molecule has 0 saturated carbocycles. The first-order valence-corrected chi connectivity index (χ1v) is 8.80. The summed E-state index contributed by atoms with van der Waals surface area (Å²) >= 11 is 0. The summed E-state index contributed by atoms with van der Waals surface area (Å²) in [5, 5.41) is 11.8. The van der Waals surface area contributed by atoms with E-state index in [4.69, 9.17) is 14.6 Å². The van der Waals surface area contributed by atoms with Gasteiger partial charge in [-0.2, -0.15) is 0 Å². The average molecular weight is 351 g/mol. The highest BCUT2D eigenvalue weighted by atomic mass is 16.5. The van der Waals surface area contributed by atoms with Crippen LogP contribution in [0.2, 0.25) is 0 Å². The van der Waals surface area contributed by atoms with Crippen LogP contribution in [0.5, 0.6) is 5.75 Å². The molecule has 2 N–H and O–H groups in total. The number of hydrogen-bond donors (Lipinski definition) is 2. The first-order valence-electron chi connectivity index (χ1n) is 8.80. The Balaban J connectivity index is 2.26. The normalized spacial score (nSPS) is 11.8. The molecule has 0 spiro atoms. The van der Waals surface area contributed by atoms with Crippen molar-refractivity contribution in [3.63, 3.8) is 0 Å². The van der Waals surface area contributed by atoms with E-state index in [2.05, 4.69) is 12.2 Å². The standard InChI is InChI=1S/C19H29NO5/c1-3-4-5-6-7-12-20-18(21)14-25-16-10-8-15(9-11-16)13-17(24-2)19(22)23/h8-11,17H,3-7,12-14H2,1-2H3,(H,20,21)(H,22,23). The lowest BCUT2D eigenvalue weighted by Crippen LogP contribution is -2.29. The summed E-state index contributed by atoms with van der Waals surface area (Å²) in [5.74, 6) is -0.551. The molecule has 0 radical (unpaired) electrons. The predicted molar refractivity (Wildman–Crippen MR) is 95.8 cm³/mol. The lowest BCUT2D eigenvalue weighted by molar-refractivity contribution is -0.148. The number of carbonyl (C=O) groups is 2. The van der Waals surface area contributed by atoms with Crippen molar-refractivity contribution in [1.82, 2.24) is 5.32 Å². The molecule has 0 heterocycles. The molecular weight excluding hydrogens is 322 g/mol. The lowest BCUT2D eigenvalue weighted by Gasteiger charge is -2.11. The van der Waals surface area contributed by atoms with Gasteiger partial charge in [-0.25, -0.2) is 4.79 Å². The Morgan fingerprint density at radius 2 is 1.80 bits per heavy atom. The minimum Gasteiger partial charge on any atom is -0.484 e. The molecule has 140 valence electrons. The number of ether oxygens (including phenoxy) is 2. The molecule has 0 aliphatic heterocycles. The third-order valence-electron chi connectivity index (χ3n) is 3.88. The van der Waals surface area contributed by atoms with Gasteiger partial charge in [0, 0.05) is 20.1 Å². The molecule has 0 bridgehead atoms. The maximum atomic E-state index is 11.7. The van der Waals surface area contributed by atoms with Gasteiger partial charge in [0.2, 0.25) is 0 Å². The molecule has 6 heteroatoms. The van der Waals surface area contributed by atoms with E-state index in [0.29, 0.717) is 12.3 Å². The Bertz CT molecular complexity index is 515. The van der Waals surface area contributed by atoms with E-state index in [1.807, 2.05) is 0 Å². The highest BCUT2D eigenvalue weighted by Gasteiger charge is 2.16. The van der Waals surface area contributed by atoms with Crippen LogP contribution in [0.15, 0.2) is 24.3 Å². The number of hydrogen-bond acceptors (Lipinski definition) is 4. The number of rotatable bonds is 13. The highest BCUT2D eigenvalue weighted by Crippen LogP contribution is 2.14. The fourth-order valence-corrected chi connectivity index (χ4v) is 2.36. The van der Waals surface area contributed by atoms with E-state index in [1.54, 1.807) is 24.3 Å². The summed E-state index contributed by atoms with van der Waals surface area (Å²) in [6, 6.07) is 7.00. The largest absolute Gasteiger partial charge is 0.484 e. The van der Waals surface area contributed by atoms with Gasteiger partial charge in [-0.05, 0) is 24.1 Å². The Labute approximate surface area is 149 Å². The zero-order valence-electron chi connectivity index (χ0n) is 15.1. The van der Waals surface area contributed by atoms with E-state index in [-0.39, 0.29) is 18.9 Å². The van der Waals surface area contributed by atoms with Gasteiger partial charge >= 0.3 is 5.97 Å². The van der Waals surface area contributed by atoms with Gasteiger partial charge in [-0.1, -0.05) is 44.7 Å². The first-order chi connectivity index (χ1) is 12.1. The number of carbonyl (C=O) groups excluding carboxylic acids is 1. The summed E-state index contributed by atoms with van der Waals surface area (Å²) in [4.78, 5) is 22.7. The van der Waals surface area contributed by atoms with Crippen molar-refractivity contribution in [3.8, 4) is 5.75 Å². The molecule has 1 aromatic carbocycles. The zero-order chi connectivity index (χ0) is 18.5. The van der Waals surface area contributed by atoms with Crippen LogP contribution in [-0.2, 0) is 20.7 Å². The van der Waals surface area contributed by atoms with Crippen molar-refractivity contribution in [3.05, 3.63) is 29.8 Å². The molecule has 1 amide bonds. The molecular formula is C19H29NO5. The maximum Gasteiger partial charge on any atom is 0.333 e. The predicted octanol–water partition coefficient (Wildman–Crippen LogP) is 2.79. The highest BCUT2D eigenvalue weighted by molar-refractivity contribution is 5.77. The molecule has 0 aromatic heterocycles. The van der Waals surface area contributed by atoms with Crippen LogP contribution in [0.1, 0.15) is 44.6 Å². The third kappa shape index (κ3) is 9.10. The van der Waals surface area contributed by atoms with Gasteiger partial charge in [0.15, 0.2) is 12.7 Å². The molecule has 1 atom stereocenters. The van der Waals surface area contributed by atoms with Gasteiger partial charge in [0.05, 0.1) is 0 Å². The Morgan fingerprint density at radius 1 is 1.12 bits per heavy atom. The summed E-state index contributed by atoms with van der Waals surface area (Å²) in [6.07, 6.45) is 5.20. The van der Waals surface area contributed by atoms with Crippen molar-refractivity contribution in [2.45, 2.75) is 51.6 Å². The summed E-state index contributed by atoms with van der Waals surface area (Å²) in [6.45, 7) is 2.83. The summed E-state index contributed by atoms with van der Waals surface area (Å²) in [5.41, 5.74) is 0.832. The van der Waals surface area contributed by atoms with Crippen LogP contribution < -0.4 is 10.1 Å². The van der Waals surface area contributed by atoms with E-state index in [0.717, 1.165) is 18.4 Å². The van der Waals surface area contributed by atoms with E-state index in [1.165, 1.54) is 26.4 Å². The van der Waals surface area contributed by atoms with Crippen molar-refractivity contribution in [2.75, 3.05) is 20.3 Å². The second-order valence-electron chi connectivity index (χ2n) is 5.96. The number of benzene rings is 1. The number of carboxylic acids is 1. The van der Waals surface area contributed by atoms with Gasteiger partial charge in [0.1, 0.15) is 5.75 Å². The SMILES string of the molecule is CCCCCCCNC(=O)COc1ccc(CC(OC)C(=O)O)cc1. The monoisotopic (exact) mass is 351 g/mol. The third-order valence-corrected chi connectivity index (χ3v) is 3.88. The fraction of sp³-hybridized carbons (Fsp3) is 0.579. The van der Waals surface area contributed by atoms with E-state index < -0.39 is 12.1 Å². The minimum absolute atomic E-state index is 0.0237. The van der Waals surface area contributed by atoms with Gasteiger partial charge in [-0.3, -0.25) is 4.79 Å². The molecule has 0 saturated heterocycles. The molecule has 0 fully saturated rings. The van der Waals surface area contributed by atoms with Gasteiger partial charge in [-0.15, -0.1) is 0 Å². The molecule has 0 aliphatic carbocycles. The van der Waals surface area contributed by atoms with Crippen molar-refractivity contribution in [1.29, 1.82) is 0 Å². The minimum atomic E-state index is -0.991. The average Bonchev–Trinajstić information content (AvgIpc) is 2.61. The van der Waals surface area contributed by atoms with Crippen LogP contribution in [0.4, 0.5) is 0 Å². The fourth-order valence-electron chi connectivity index (χ4n) is 2.36. The van der Waals surface area contributed by atoms with E-state index >= 15 is 0 Å². The quantitative estimate of drug-likeness (QED) is 0.534. The maximum absolute atomic E-state index is 11.7. The second kappa shape index (κ2) is 12.3. The molecule has 6 nitrogen and oxygen atoms in total. The lowest BCUT2D eigenvalue weighted by atomic mass is 10.1. The molecule has 1 aromatic rings.